The van der Waals surface area contributed by atoms with E-state index < -0.39 is 0 Å². The monoisotopic (exact) mass is 226 g/mol. The molecular weight excluding hydrogens is 200 g/mol. The van der Waals surface area contributed by atoms with Crippen LogP contribution in [-0.4, -0.2) is 43.8 Å². The van der Waals surface area contributed by atoms with E-state index in [1.54, 1.807) is 0 Å². The average Bonchev–Trinajstić information content (AvgIpc) is 2.72. The minimum atomic E-state index is 0.464. The van der Waals surface area contributed by atoms with Crippen LogP contribution in [0.25, 0.3) is 0 Å². The molecule has 1 saturated heterocycles. The highest BCUT2D eigenvalue weighted by Crippen LogP contribution is 2.27. The van der Waals surface area contributed by atoms with Gasteiger partial charge < -0.3 is 15.4 Å². The summed E-state index contributed by atoms with van der Waals surface area (Å²) in [6.45, 7) is 3.60. The number of hydrogen-bond donors (Lipinski definition) is 1. The predicted octanol–water partition coefficient (Wildman–Crippen LogP) is 1.61. The van der Waals surface area contributed by atoms with Gasteiger partial charge in [0.1, 0.15) is 0 Å². The van der Waals surface area contributed by atoms with Gasteiger partial charge in [0.2, 0.25) is 0 Å². The zero-order valence-corrected chi connectivity index (χ0v) is 10.5. The summed E-state index contributed by atoms with van der Waals surface area (Å²) in [5.41, 5.74) is 6.10. The zero-order chi connectivity index (χ0) is 11.4. The number of methoxy groups -OCH3 is 1. The number of hydrogen-bond acceptors (Lipinski definition) is 3. The predicted molar refractivity (Wildman–Crippen MR) is 66.4 cm³/mol. The molecule has 2 aliphatic rings. The van der Waals surface area contributed by atoms with Crippen molar-refractivity contribution in [3.8, 4) is 0 Å². The van der Waals surface area contributed by atoms with E-state index in [0.717, 1.165) is 12.5 Å². The smallest absolute Gasteiger partial charge is 0.0698 e. The Kier molecular flexibility index (Phi) is 4.62. The number of likely N-dealkylation sites (tertiary alicyclic amines) is 1. The molecule has 16 heavy (non-hydrogen) atoms. The fraction of sp³-hybridized carbons (Fsp3) is 1.00. The Morgan fingerprint density at radius 1 is 1.25 bits per heavy atom. The third kappa shape index (κ3) is 3.19. The van der Waals surface area contributed by atoms with Gasteiger partial charge in [-0.25, -0.2) is 0 Å². The van der Waals surface area contributed by atoms with Gasteiger partial charge in [-0.15, -0.1) is 0 Å². The molecule has 2 N–H and O–H groups in total. The first-order chi connectivity index (χ1) is 7.79. The summed E-state index contributed by atoms with van der Waals surface area (Å²) in [6, 6.07) is 0.475. The second-order valence-corrected chi connectivity index (χ2v) is 5.44. The molecule has 3 heteroatoms. The van der Waals surface area contributed by atoms with Gasteiger partial charge in [0.25, 0.3) is 0 Å². The van der Waals surface area contributed by atoms with E-state index in [2.05, 4.69) is 4.90 Å². The minimum Gasteiger partial charge on any atom is -0.380 e. The van der Waals surface area contributed by atoms with Gasteiger partial charge in [-0.05, 0) is 51.1 Å². The lowest BCUT2D eigenvalue weighted by molar-refractivity contribution is 0.0294. The van der Waals surface area contributed by atoms with Crippen molar-refractivity contribution in [1.82, 2.24) is 4.90 Å². The summed E-state index contributed by atoms with van der Waals surface area (Å²) in [7, 11) is 1.83. The Bertz CT molecular complexity index is 210. The number of piperidine rings is 1. The molecule has 1 aliphatic carbocycles. The largest absolute Gasteiger partial charge is 0.380 e. The molecule has 3 nitrogen and oxygen atoms in total. The lowest BCUT2D eigenvalue weighted by atomic mass is 9.99. The molecule has 0 spiro atoms. The Hall–Kier alpha value is -0.120. The summed E-state index contributed by atoms with van der Waals surface area (Å²) >= 11 is 0. The van der Waals surface area contributed by atoms with Crippen LogP contribution in [0.3, 0.4) is 0 Å². The van der Waals surface area contributed by atoms with Crippen LogP contribution in [0.2, 0.25) is 0 Å². The van der Waals surface area contributed by atoms with Crippen molar-refractivity contribution in [2.24, 2.45) is 11.7 Å². The fourth-order valence-electron chi connectivity index (χ4n) is 3.18. The molecule has 1 aliphatic heterocycles. The highest BCUT2D eigenvalue weighted by Gasteiger charge is 2.25. The van der Waals surface area contributed by atoms with Gasteiger partial charge in [-0.1, -0.05) is 6.42 Å². The molecule has 2 rings (SSSR count). The Balaban J connectivity index is 1.68. The SMILES string of the molecule is COC1CCCN(CCC2CCCC2N)C1. The van der Waals surface area contributed by atoms with Gasteiger partial charge in [0, 0.05) is 19.7 Å². The van der Waals surface area contributed by atoms with Gasteiger partial charge in [0.15, 0.2) is 0 Å². The molecular formula is C13H26N2O. The molecule has 1 heterocycles. The third-order valence-electron chi connectivity index (χ3n) is 4.33. The van der Waals surface area contributed by atoms with Crippen LogP contribution in [0.4, 0.5) is 0 Å². The van der Waals surface area contributed by atoms with E-state index in [-0.39, 0.29) is 0 Å². The van der Waals surface area contributed by atoms with E-state index >= 15 is 0 Å². The first kappa shape index (κ1) is 12.3. The number of nitrogens with two attached hydrogens (primary N) is 1. The highest BCUT2D eigenvalue weighted by molar-refractivity contribution is 4.82. The maximum absolute atomic E-state index is 6.10. The molecule has 0 aromatic heterocycles. The van der Waals surface area contributed by atoms with Crippen molar-refractivity contribution in [1.29, 1.82) is 0 Å². The Labute approximate surface area is 99.3 Å². The molecule has 0 aromatic carbocycles. The van der Waals surface area contributed by atoms with Gasteiger partial charge in [0.05, 0.1) is 6.10 Å². The quantitative estimate of drug-likeness (QED) is 0.791. The topological polar surface area (TPSA) is 38.5 Å². The summed E-state index contributed by atoms with van der Waals surface area (Å²) < 4.78 is 5.45. The first-order valence-electron chi connectivity index (χ1n) is 6.80. The molecule has 3 atom stereocenters. The van der Waals surface area contributed by atoms with E-state index in [1.165, 1.54) is 51.6 Å². The molecule has 0 radical (unpaired) electrons. The van der Waals surface area contributed by atoms with Crippen molar-refractivity contribution in [2.45, 2.75) is 50.7 Å². The molecule has 0 bridgehead atoms. The molecule has 94 valence electrons. The average molecular weight is 226 g/mol. The second kappa shape index (κ2) is 5.99. The normalized spacial score (nSPS) is 36.8. The first-order valence-corrected chi connectivity index (χ1v) is 6.80. The third-order valence-corrected chi connectivity index (χ3v) is 4.33. The van der Waals surface area contributed by atoms with Crippen molar-refractivity contribution in [2.75, 3.05) is 26.7 Å². The number of ether oxygens (including phenoxy) is 1. The highest BCUT2D eigenvalue weighted by atomic mass is 16.5. The van der Waals surface area contributed by atoms with E-state index in [0.29, 0.717) is 12.1 Å². The second-order valence-electron chi connectivity index (χ2n) is 5.44. The van der Waals surface area contributed by atoms with Crippen LogP contribution >= 0.6 is 0 Å². The summed E-state index contributed by atoms with van der Waals surface area (Å²) in [5, 5.41) is 0. The van der Waals surface area contributed by atoms with E-state index in [4.69, 9.17) is 10.5 Å². The van der Waals surface area contributed by atoms with E-state index in [9.17, 15) is 0 Å². The van der Waals surface area contributed by atoms with Crippen molar-refractivity contribution < 1.29 is 4.74 Å². The Morgan fingerprint density at radius 3 is 2.81 bits per heavy atom. The van der Waals surface area contributed by atoms with Crippen LogP contribution in [-0.2, 0) is 4.74 Å². The summed E-state index contributed by atoms with van der Waals surface area (Å²) in [5.74, 6) is 0.780. The maximum atomic E-state index is 6.10. The zero-order valence-electron chi connectivity index (χ0n) is 10.5. The van der Waals surface area contributed by atoms with Crippen molar-refractivity contribution in [3.05, 3.63) is 0 Å². The van der Waals surface area contributed by atoms with Crippen molar-refractivity contribution >= 4 is 0 Å². The number of rotatable bonds is 4. The van der Waals surface area contributed by atoms with Crippen LogP contribution < -0.4 is 5.73 Å². The van der Waals surface area contributed by atoms with Crippen LogP contribution in [0, 0.1) is 5.92 Å². The number of nitrogens with zero attached hydrogens (tertiary/aromatic N) is 1. The van der Waals surface area contributed by atoms with Gasteiger partial charge in [-0.3, -0.25) is 0 Å². The lowest BCUT2D eigenvalue weighted by Gasteiger charge is -2.32. The molecule has 0 amide bonds. The standard InChI is InChI=1S/C13H26N2O/c1-16-12-5-3-8-15(10-12)9-7-11-4-2-6-13(11)14/h11-13H,2-10,14H2,1H3. The van der Waals surface area contributed by atoms with Gasteiger partial charge in [-0.2, -0.15) is 0 Å². The molecule has 0 aromatic rings. The van der Waals surface area contributed by atoms with Crippen LogP contribution in [0.1, 0.15) is 38.5 Å². The molecule has 1 saturated carbocycles. The van der Waals surface area contributed by atoms with Crippen molar-refractivity contribution in [3.63, 3.8) is 0 Å². The summed E-state index contributed by atoms with van der Waals surface area (Å²) in [4.78, 5) is 2.56. The minimum absolute atomic E-state index is 0.464. The summed E-state index contributed by atoms with van der Waals surface area (Å²) in [6.07, 6.45) is 8.20. The maximum Gasteiger partial charge on any atom is 0.0698 e. The lowest BCUT2D eigenvalue weighted by Crippen LogP contribution is -2.40. The molecule has 2 fully saturated rings. The van der Waals surface area contributed by atoms with E-state index in [1.807, 2.05) is 7.11 Å². The molecule has 3 unspecified atom stereocenters. The van der Waals surface area contributed by atoms with Gasteiger partial charge >= 0.3 is 0 Å². The fourth-order valence-corrected chi connectivity index (χ4v) is 3.18. The van der Waals surface area contributed by atoms with Crippen LogP contribution in [0.15, 0.2) is 0 Å². The van der Waals surface area contributed by atoms with Crippen LogP contribution in [0.5, 0.6) is 0 Å². The Morgan fingerprint density at radius 2 is 2.12 bits per heavy atom.